The molecule has 0 saturated heterocycles. The fourth-order valence-electron chi connectivity index (χ4n) is 2.12. The minimum Gasteiger partial charge on any atom is -0.385 e. The van der Waals surface area contributed by atoms with Gasteiger partial charge in [0.1, 0.15) is 0 Å². The number of nitrogens with one attached hydrogen (secondary N) is 1. The van der Waals surface area contributed by atoms with E-state index in [9.17, 15) is 0 Å². The van der Waals surface area contributed by atoms with Crippen LogP contribution in [0.5, 0.6) is 0 Å². The van der Waals surface area contributed by atoms with Crippen molar-refractivity contribution < 1.29 is 0 Å². The molecule has 2 nitrogen and oxygen atoms in total. The molecule has 72 valence electrons. The topological polar surface area (TPSA) is 35.8 Å². The average Bonchev–Trinajstić information content (AvgIpc) is 2.20. The zero-order valence-electron chi connectivity index (χ0n) is 8.38. The number of rotatable bonds is 1. The Balaban J connectivity index is 2.40. The summed E-state index contributed by atoms with van der Waals surface area (Å²) in [7, 11) is 0. The molecule has 0 spiro atoms. The summed E-state index contributed by atoms with van der Waals surface area (Å²) in [5.41, 5.74) is 3.85. The van der Waals surface area contributed by atoms with Crippen LogP contribution in [0.15, 0.2) is 18.2 Å². The lowest BCUT2D eigenvalue weighted by Gasteiger charge is -2.26. The van der Waals surface area contributed by atoms with E-state index in [0.29, 0.717) is 12.3 Å². The Kier molecular flexibility index (Phi) is 2.41. The molecule has 2 heteroatoms. The number of hydrogen-bond donors (Lipinski definition) is 1. The second-order valence-corrected chi connectivity index (χ2v) is 3.81. The van der Waals surface area contributed by atoms with Crippen molar-refractivity contribution in [2.24, 2.45) is 0 Å². The Morgan fingerprint density at radius 2 is 2.43 bits per heavy atom. The van der Waals surface area contributed by atoms with E-state index < -0.39 is 0 Å². The zero-order chi connectivity index (χ0) is 9.97. The first-order chi connectivity index (χ1) is 6.83. The standard InChI is InChI=1S/C12H14N2/c1-9-3-2-4-11-10(5-7-13)6-8-14-12(9)11/h2-4,10,14H,5-6,8H2,1H3. The number of hydrogen-bond acceptors (Lipinski definition) is 2. The molecule has 1 atom stereocenters. The molecule has 0 saturated carbocycles. The second-order valence-electron chi connectivity index (χ2n) is 3.81. The minimum atomic E-state index is 0.427. The number of anilines is 1. The molecular weight excluding hydrogens is 172 g/mol. The van der Waals surface area contributed by atoms with Crippen molar-refractivity contribution in [3.05, 3.63) is 29.3 Å². The molecule has 0 amide bonds. The van der Waals surface area contributed by atoms with Crippen molar-refractivity contribution in [3.63, 3.8) is 0 Å². The largest absolute Gasteiger partial charge is 0.385 e. The number of aryl methyl sites for hydroxylation is 1. The van der Waals surface area contributed by atoms with Crippen LogP contribution in [0.25, 0.3) is 0 Å². The van der Waals surface area contributed by atoms with Gasteiger partial charge in [-0.3, -0.25) is 0 Å². The lowest BCUT2D eigenvalue weighted by molar-refractivity contribution is 0.640. The van der Waals surface area contributed by atoms with Crippen molar-refractivity contribution in [1.82, 2.24) is 0 Å². The van der Waals surface area contributed by atoms with Crippen LogP contribution in [0.1, 0.15) is 29.9 Å². The molecule has 1 N–H and O–H groups in total. The minimum absolute atomic E-state index is 0.427. The van der Waals surface area contributed by atoms with Crippen LogP contribution in [-0.2, 0) is 0 Å². The van der Waals surface area contributed by atoms with Gasteiger partial charge in [-0.15, -0.1) is 0 Å². The monoisotopic (exact) mass is 186 g/mol. The third-order valence-corrected chi connectivity index (χ3v) is 2.88. The van der Waals surface area contributed by atoms with Crippen molar-refractivity contribution in [3.8, 4) is 6.07 Å². The highest BCUT2D eigenvalue weighted by Crippen LogP contribution is 2.35. The first kappa shape index (κ1) is 9.08. The highest BCUT2D eigenvalue weighted by atomic mass is 14.9. The van der Waals surface area contributed by atoms with Crippen LogP contribution >= 0.6 is 0 Å². The Morgan fingerprint density at radius 3 is 3.21 bits per heavy atom. The second kappa shape index (κ2) is 3.71. The van der Waals surface area contributed by atoms with Gasteiger partial charge in [0, 0.05) is 24.6 Å². The molecule has 0 aromatic heterocycles. The first-order valence-corrected chi connectivity index (χ1v) is 5.03. The van der Waals surface area contributed by atoms with E-state index >= 15 is 0 Å². The van der Waals surface area contributed by atoms with Crippen LogP contribution in [-0.4, -0.2) is 6.54 Å². The summed E-state index contributed by atoms with van der Waals surface area (Å²) in [5, 5.41) is 12.2. The molecule has 0 radical (unpaired) electrons. The summed E-state index contributed by atoms with van der Waals surface area (Å²) >= 11 is 0. The molecule has 14 heavy (non-hydrogen) atoms. The quantitative estimate of drug-likeness (QED) is 0.732. The number of para-hydroxylation sites is 1. The molecule has 0 bridgehead atoms. The van der Waals surface area contributed by atoms with Gasteiger partial charge in [0.25, 0.3) is 0 Å². The Morgan fingerprint density at radius 1 is 1.57 bits per heavy atom. The summed E-state index contributed by atoms with van der Waals surface area (Å²) in [6.07, 6.45) is 1.71. The summed E-state index contributed by atoms with van der Waals surface area (Å²) in [5.74, 6) is 0.427. The van der Waals surface area contributed by atoms with Crippen molar-refractivity contribution >= 4 is 5.69 Å². The van der Waals surface area contributed by atoms with Crippen molar-refractivity contribution in [2.45, 2.75) is 25.7 Å². The lowest BCUT2D eigenvalue weighted by atomic mass is 9.87. The molecule has 0 fully saturated rings. The lowest BCUT2D eigenvalue weighted by Crippen LogP contribution is -2.17. The summed E-state index contributed by atoms with van der Waals surface area (Å²) < 4.78 is 0. The molecule has 0 aliphatic carbocycles. The van der Waals surface area contributed by atoms with E-state index in [1.165, 1.54) is 16.8 Å². The van der Waals surface area contributed by atoms with Crippen LogP contribution < -0.4 is 5.32 Å². The SMILES string of the molecule is Cc1cccc2c1NCCC2CC#N. The van der Waals surface area contributed by atoms with Crippen LogP contribution in [0.4, 0.5) is 5.69 Å². The Bertz CT molecular complexity index is 376. The third-order valence-electron chi connectivity index (χ3n) is 2.88. The fraction of sp³-hybridized carbons (Fsp3) is 0.417. The van der Waals surface area contributed by atoms with E-state index in [1.54, 1.807) is 0 Å². The van der Waals surface area contributed by atoms with Gasteiger partial charge in [-0.1, -0.05) is 18.2 Å². The van der Waals surface area contributed by atoms with Gasteiger partial charge in [-0.25, -0.2) is 0 Å². The van der Waals surface area contributed by atoms with E-state index in [2.05, 4.69) is 36.5 Å². The summed E-state index contributed by atoms with van der Waals surface area (Å²) in [4.78, 5) is 0. The average molecular weight is 186 g/mol. The molecule has 2 rings (SSSR count). The maximum Gasteiger partial charge on any atom is 0.0628 e. The highest BCUT2D eigenvalue weighted by molar-refractivity contribution is 5.60. The van der Waals surface area contributed by atoms with Gasteiger partial charge in [-0.2, -0.15) is 5.26 Å². The smallest absolute Gasteiger partial charge is 0.0628 e. The predicted molar refractivity (Wildman–Crippen MR) is 57.3 cm³/mol. The maximum atomic E-state index is 8.74. The normalized spacial score (nSPS) is 19.3. The summed E-state index contributed by atoms with van der Waals surface area (Å²) in [6, 6.07) is 8.59. The van der Waals surface area contributed by atoms with E-state index in [4.69, 9.17) is 5.26 Å². The van der Waals surface area contributed by atoms with Gasteiger partial charge in [-0.05, 0) is 24.5 Å². The van der Waals surface area contributed by atoms with E-state index in [0.717, 1.165) is 13.0 Å². The van der Waals surface area contributed by atoms with Gasteiger partial charge in [0.2, 0.25) is 0 Å². The Hall–Kier alpha value is -1.49. The Labute approximate surface area is 84.6 Å². The van der Waals surface area contributed by atoms with E-state index in [-0.39, 0.29) is 0 Å². The molecule has 1 unspecified atom stereocenters. The van der Waals surface area contributed by atoms with Crippen LogP contribution in [0, 0.1) is 18.3 Å². The number of nitrogens with zero attached hydrogens (tertiary/aromatic N) is 1. The third kappa shape index (κ3) is 1.46. The van der Waals surface area contributed by atoms with E-state index in [1.807, 2.05) is 0 Å². The predicted octanol–water partition coefficient (Wildman–Crippen LogP) is 2.81. The number of nitriles is 1. The molecule has 1 aromatic carbocycles. The van der Waals surface area contributed by atoms with Gasteiger partial charge < -0.3 is 5.32 Å². The highest BCUT2D eigenvalue weighted by Gasteiger charge is 2.20. The van der Waals surface area contributed by atoms with Crippen molar-refractivity contribution in [2.75, 3.05) is 11.9 Å². The zero-order valence-corrected chi connectivity index (χ0v) is 8.38. The molecule has 1 aliphatic heterocycles. The molecule has 1 heterocycles. The molecular formula is C12H14N2. The summed E-state index contributed by atoms with van der Waals surface area (Å²) in [6.45, 7) is 3.10. The van der Waals surface area contributed by atoms with Gasteiger partial charge in [0.15, 0.2) is 0 Å². The molecule has 1 aromatic rings. The molecule has 1 aliphatic rings. The van der Waals surface area contributed by atoms with Crippen molar-refractivity contribution in [1.29, 1.82) is 5.26 Å². The number of fused-ring (bicyclic) bond motifs is 1. The fourth-order valence-corrected chi connectivity index (χ4v) is 2.12. The number of benzene rings is 1. The maximum absolute atomic E-state index is 8.74. The van der Waals surface area contributed by atoms with Gasteiger partial charge in [0.05, 0.1) is 6.07 Å². The van der Waals surface area contributed by atoms with Gasteiger partial charge >= 0.3 is 0 Å². The van der Waals surface area contributed by atoms with Crippen LogP contribution in [0.2, 0.25) is 0 Å². The first-order valence-electron chi connectivity index (χ1n) is 5.03. The van der Waals surface area contributed by atoms with Crippen LogP contribution in [0.3, 0.4) is 0 Å².